The summed E-state index contributed by atoms with van der Waals surface area (Å²) in [6.45, 7) is 4.08. The first-order valence-corrected chi connectivity index (χ1v) is 8.92. The van der Waals surface area contributed by atoms with Crippen molar-refractivity contribution < 1.29 is 9.21 Å². The molecule has 1 N–H and O–H groups in total. The number of amides is 1. The summed E-state index contributed by atoms with van der Waals surface area (Å²) >= 11 is 0. The van der Waals surface area contributed by atoms with Gasteiger partial charge in [0.15, 0.2) is 0 Å². The van der Waals surface area contributed by atoms with E-state index < -0.39 is 0 Å². The number of carbonyl (C=O) groups is 1. The maximum Gasteiger partial charge on any atom is 0.264 e. The van der Waals surface area contributed by atoms with Crippen molar-refractivity contribution in [2.45, 2.75) is 26.8 Å². The van der Waals surface area contributed by atoms with Gasteiger partial charge < -0.3 is 14.3 Å². The van der Waals surface area contributed by atoms with Crippen molar-refractivity contribution in [3.63, 3.8) is 0 Å². The summed E-state index contributed by atoms with van der Waals surface area (Å²) < 4.78 is 7.65. The second kappa shape index (κ2) is 7.07. The number of nitrogens with zero attached hydrogens (tertiary/aromatic N) is 3. The number of carbonyl (C=O) groups excluding carboxylic acids is 1. The number of fused-ring (bicyclic) bond motifs is 1. The number of rotatable bonds is 5. The Balaban J connectivity index is 1.70. The molecule has 0 saturated heterocycles. The Morgan fingerprint density at radius 2 is 1.89 bits per heavy atom. The molecule has 4 aromatic rings. The number of hydrogen-bond acceptors (Lipinski definition) is 4. The minimum absolute atomic E-state index is 0.109. The Labute approximate surface area is 156 Å². The van der Waals surface area contributed by atoms with E-state index in [2.05, 4.69) is 15.5 Å². The summed E-state index contributed by atoms with van der Waals surface area (Å²) in [4.78, 5) is 12.7. The average Bonchev–Trinajstić information content (AvgIpc) is 3.28. The van der Waals surface area contributed by atoms with Crippen LogP contribution in [0.5, 0.6) is 0 Å². The lowest BCUT2D eigenvalue weighted by Crippen LogP contribution is -2.19. The quantitative estimate of drug-likeness (QED) is 0.579. The molecule has 0 saturated carbocycles. The van der Waals surface area contributed by atoms with Crippen molar-refractivity contribution in [2.75, 3.05) is 5.32 Å². The van der Waals surface area contributed by atoms with Crippen LogP contribution in [-0.4, -0.2) is 20.7 Å². The summed E-state index contributed by atoms with van der Waals surface area (Å²) in [7, 11) is 0. The van der Waals surface area contributed by atoms with E-state index in [4.69, 9.17) is 4.42 Å². The standard InChI is InChI=1S/C21H20N4O2/c1-3-20-23-24-21(27-20)18-12-15-9-5-7-11-17(15)25(18)13-19(26)22-16-10-6-4-8-14(16)2/h4-12H,3,13H2,1-2H3,(H,22,26). The normalized spacial score (nSPS) is 11.0. The second-order valence-electron chi connectivity index (χ2n) is 6.39. The summed E-state index contributed by atoms with van der Waals surface area (Å²) in [6, 6.07) is 17.6. The van der Waals surface area contributed by atoms with Crippen molar-refractivity contribution >= 4 is 22.5 Å². The van der Waals surface area contributed by atoms with Crippen LogP contribution < -0.4 is 5.32 Å². The van der Waals surface area contributed by atoms with Crippen LogP contribution in [0.25, 0.3) is 22.5 Å². The lowest BCUT2D eigenvalue weighted by Gasteiger charge is -2.11. The SMILES string of the molecule is CCc1nnc(-c2cc3ccccc3n2CC(=O)Nc2ccccc2C)o1. The van der Waals surface area contributed by atoms with Gasteiger partial charge in [0.2, 0.25) is 11.8 Å². The van der Waals surface area contributed by atoms with Crippen molar-refractivity contribution in [3.8, 4) is 11.6 Å². The molecular weight excluding hydrogens is 340 g/mol. The molecule has 0 aliphatic heterocycles. The van der Waals surface area contributed by atoms with Gasteiger partial charge in [-0.2, -0.15) is 0 Å². The number of benzene rings is 2. The van der Waals surface area contributed by atoms with Crippen LogP contribution in [0.15, 0.2) is 59.0 Å². The van der Waals surface area contributed by atoms with E-state index >= 15 is 0 Å². The van der Waals surface area contributed by atoms with Gasteiger partial charge in [-0.1, -0.05) is 43.3 Å². The highest BCUT2D eigenvalue weighted by Crippen LogP contribution is 2.28. The largest absolute Gasteiger partial charge is 0.419 e. The highest BCUT2D eigenvalue weighted by molar-refractivity contribution is 5.94. The second-order valence-corrected chi connectivity index (χ2v) is 6.39. The molecule has 2 aromatic heterocycles. The molecule has 0 fully saturated rings. The van der Waals surface area contributed by atoms with Gasteiger partial charge in [-0.15, -0.1) is 10.2 Å². The molecule has 0 bridgehead atoms. The van der Waals surface area contributed by atoms with Gasteiger partial charge in [0.25, 0.3) is 5.89 Å². The Hall–Kier alpha value is -3.41. The highest BCUT2D eigenvalue weighted by Gasteiger charge is 2.18. The molecule has 0 aliphatic rings. The topological polar surface area (TPSA) is 73.0 Å². The molecule has 0 spiro atoms. The first-order chi connectivity index (χ1) is 13.2. The summed E-state index contributed by atoms with van der Waals surface area (Å²) in [5.74, 6) is 0.889. The molecule has 1 amide bonds. The summed E-state index contributed by atoms with van der Waals surface area (Å²) in [5.41, 5.74) is 3.52. The molecule has 0 radical (unpaired) electrons. The lowest BCUT2D eigenvalue weighted by molar-refractivity contribution is -0.116. The van der Waals surface area contributed by atoms with Crippen LogP contribution >= 0.6 is 0 Å². The molecule has 0 aliphatic carbocycles. The van der Waals surface area contributed by atoms with Gasteiger partial charge in [-0.3, -0.25) is 4.79 Å². The summed E-state index contributed by atoms with van der Waals surface area (Å²) in [6.07, 6.45) is 0.668. The lowest BCUT2D eigenvalue weighted by atomic mass is 10.2. The van der Waals surface area contributed by atoms with E-state index in [1.54, 1.807) is 0 Å². The number of nitrogens with one attached hydrogen (secondary N) is 1. The van der Waals surface area contributed by atoms with Crippen LogP contribution in [0.4, 0.5) is 5.69 Å². The van der Waals surface area contributed by atoms with Crippen LogP contribution in [0, 0.1) is 6.92 Å². The first-order valence-electron chi connectivity index (χ1n) is 8.92. The molecular formula is C21H20N4O2. The van der Waals surface area contributed by atoms with E-state index in [0.717, 1.165) is 27.8 Å². The Kier molecular flexibility index (Phi) is 4.46. The zero-order valence-corrected chi connectivity index (χ0v) is 15.3. The van der Waals surface area contributed by atoms with Crippen molar-refractivity contribution in [3.05, 3.63) is 66.1 Å². The van der Waals surface area contributed by atoms with E-state index in [1.807, 2.05) is 73.0 Å². The average molecular weight is 360 g/mol. The zero-order valence-electron chi connectivity index (χ0n) is 15.3. The van der Waals surface area contributed by atoms with Gasteiger partial charge >= 0.3 is 0 Å². The van der Waals surface area contributed by atoms with E-state index in [-0.39, 0.29) is 12.5 Å². The minimum Gasteiger partial charge on any atom is -0.419 e. The van der Waals surface area contributed by atoms with Crippen LogP contribution in [0.1, 0.15) is 18.4 Å². The highest BCUT2D eigenvalue weighted by atomic mass is 16.4. The third-order valence-electron chi connectivity index (χ3n) is 4.52. The minimum atomic E-state index is -0.109. The molecule has 136 valence electrons. The Bertz CT molecular complexity index is 1110. The Morgan fingerprint density at radius 3 is 2.67 bits per heavy atom. The first kappa shape index (κ1) is 17.0. The van der Waals surface area contributed by atoms with Crippen LogP contribution in [0.3, 0.4) is 0 Å². The fraction of sp³-hybridized carbons (Fsp3) is 0.190. The van der Waals surface area contributed by atoms with Crippen molar-refractivity contribution in [2.24, 2.45) is 0 Å². The zero-order chi connectivity index (χ0) is 18.8. The predicted octanol–water partition coefficient (Wildman–Crippen LogP) is 4.20. The molecule has 6 heteroatoms. The van der Waals surface area contributed by atoms with Crippen molar-refractivity contribution in [1.82, 2.24) is 14.8 Å². The van der Waals surface area contributed by atoms with E-state index in [1.165, 1.54) is 0 Å². The third kappa shape index (κ3) is 3.33. The van der Waals surface area contributed by atoms with E-state index in [0.29, 0.717) is 18.2 Å². The fourth-order valence-electron chi connectivity index (χ4n) is 3.10. The van der Waals surface area contributed by atoms with E-state index in [9.17, 15) is 4.79 Å². The predicted molar refractivity (Wildman–Crippen MR) is 104 cm³/mol. The summed E-state index contributed by atoms with van der Waals surface area (Å²) in [5, 5.41) is 12.2. The number of hydrogen-bond donors (Lipinski definition) is 1. The van der Waals surface area contributed by atoms with Gasteiger partial charge in [0.05, 0.1) is 0 Å². The van der Waals surface area contributed by atoms with Gasteiger partial charge in [-0.05, 0) is 30.7 Å². The number of aryl methyl sites for hydroxylation is 2. The molecule has 2 heterocycles. The molecule has 6 nitrogen and oxygen atoms in total. The Morgan fingerprint density at radius 1 is 1.11 bits per heavy atom. The number of anilines is 1. The number of para-hydroxylation sites is 2. The van der Waals surface area contributed by atoms with Gasteiger partial charge in [0.1, 0.15) is 12.2 Å². The van der Waals surface area contributed by atoms with Crippen molar-refractivity contribution in [1.29, 1.82) is 0 Å². The molecule has 0 unspecified atom stereocenters. The molecule has 4 rings (SSSR count). The maximum absolute atomic E-state index is 12.7. The van der Waals surface area contributed by atoms with Crippen LogP contribution in [0.2, 0.25) is 0 Å². The fourth-order valence-corrected chi connectivity index (χ4v) is 3.10. The van der Waals surface area contributed by atoms with Gasteiger partial charge in [0, 0.05) is 23.0 Å². The smallest absolute Gasteiger partial charge is 0.264 e. The third-order valence-corrected chi connectivity index (χ3v) is 4.52. The molecule has 0 atom stereocenters. The molecule has 27 heavy (non-hydrogen) atoms. The van der Waals surface area contributed by atoms with Crippen LogP contribution in [-0.2, 0) is 17.8 Å². The number of aromatic nitrogens is 3. The maximum atomic E-state index is 12.7. The monoisotopic (exact) mass is 360 g/mol. The van der Waals surface area contributed by atoms with Gasteiger partial charge in [-0.25, -0.2) is 0 Å². The molecule has 2 aromatic carbocycles.